The van der Waals surface area contributed by atoms with Crippen LogP contribution >= 0.6 is 0 Å². The van der Waals surface area contributed by atoms with E-state index >= 15 is 0 Å². The lowest BCUT2D eigenvalue weighted by Crippen LogP contribution is -2.37. The number of carbonyl (C=O) groups excluding carboxylic acids is 5. The molecule has 3 amide bonds. The number of aliphatic hydroxyl groups excluding tert-OH is 2. The van der Waals surface area contributed by atoms with Crippen molar-refractivity contribution in [1.82, 2.24) is 10.6 Å². The van der Waals surface area contributed by atoms with Gasteiger partial charge in [0.2, 0.25) is 17.7 Å². The lowest BCUT2D eigenvalue weighted by Gasteiger charge is -2.25. The molecule has 0 unspecified atom stereocenters. The number of benzene rings is 4. The number of nitrogens with one attached hydrogen (secondary N) is 2. The molecule has 0 radical (unpaired) electrons. The van der Waals surface area contributed by atoms with Gasteiger partial charge in [0.15, 0.2) is 12.6 Å². The molecule has 3 saturated heterocycles. The van der Waals surface area contributed by atoms with Crippen molar-refractivity contribution in [3.05, 3.63) is 108 Å². The van der Waals surface area contributed by atoms with Gasteiger partial charge in [-0.2, -0.15) is 0 Å². The molecule has 4 aromatic rings. The Bertz CT molecular complexity index is 1940. The minimum Gasteiger partial charge on any atom is -0.507 e. The maximum absolute atomic E-state index is 12.1. The normalized spacial score (nSPS) is 17.6. The highest BCUT2D eigenvalue weighted by Crippen LogP contribution is 2.30. The van der Waals surface area contributed by atoms with E-state index in [0.717, 1.165) is 30.8 Å². The average molecular weight is 843 g/mol. The van der Waals surface area contributed by atoms with Crippen LogP contribution in [0.25, 0.3) is 0 Å². The van der Waals surface area contributed by atoms with Crippen LogP contribution in [-0.4, -0.2) is 107 Å². The molecule has 15 heteroatoms. The fourth-order valence-corrected chi connectivity index (χ4v) is 6.50. The topological polar surface area (TPSA) is 226 Å². The molecule has 7 N–H and O–H groups in total. The van der Waals surface area contributed by atoms with Crippen LogP contribution in [0.15, 0.2) is 97.1 Å². The molecule has 3 aliphatic rings. The zero-order chi connectivity index (χ0) is 44.6. The standard InChI is InChI=1S/C18H17NO4.C11H13NO2.C7H6O3.C5H9NO2.C5H13N/c20-11-15-16(21)7-4-8-17(15)23-12-14-9-10-18(22)19(14)13-5-2-1-3-6-13;13-8-10-6-7-11(14)12(10)9-4-2-1-3-5-9;8-4-5-6(9)2-1-3-7(5)10;7-3-4-1-2-5(8)6-4;1-3-4-5-6-2/h1-8,11,14,21H,9-10,12H2;1-5,10,13H,6-8H2;1-4,9-10H;4,7H,1-3H2,(H,6,8);6H,3-5H2,1-2H3/t14-;10-;;4-;/m00.0./s1. The van der Waals surface area contributed by atoms with Crippen molar-refractivity contribution in [2.24, 2.45) is 0 Å². The van der Waals surface area contributed by atoms with Gasteiger partial charge in [-0.1, -0.05) is 61.9 Å². The number of aromatic hydroxyl groups is 3. The third kappa shape index (κ3) is 15.4. The van der Waals surface area contributed by atoms with Crippen molar-refractivity contribution in [1.29, 1.82) is 0 Å². The molecule has 7 rings (SSSR count). The third-order valence-electron chi connectivity index (χ3n) is 9.79. The molecule has 15 nitrogen and oxygen atoms in total. The van der Waals surface area contributed by atoms with Gasteiger partial charge >= 0.3 is 0 Å². The van der Waals surface area contributed by atoms with E-state index in [4.69, 9.17) is 25.2 Å². The van der Waals surface area contributed by atoms with Gasteiger partial charge in [0.1, 0.15) is 29.6 Å². The summed E-state index contributed by atoms with van der Waals surface area (Å²) in [6.45, 7) is 3.74. The maximum atomic E-state index is 12.1. The number of hydrogen-bond acceptors (Lipinski definition) is 12. The summed E-state index contributed by atoms with van der Waals surface area (Å²) in [6, 6.07) is 27.7. The van der Waals surface area contributed by atoms with Gasteiger partial charge in [-0.05, 0) is 87.8 Å². The van der Waals surface area contributed by atoms with Crippen molar-refractivity contribution in [3.63, 3.8) is 0 Å². The Morgan fingerprint density at radius 2 is 1.18 bits per heavy atom. The second kappa shape index (κ2) is 26.7. The highest BCUT2D eigenvalue weighted by molar-refractivity contribution is 5.97. The van der Waals surface area contributed by atoms with Crippen molar-refractivity contribution in [2.45, 2.75) is 76.4 Å². The van der Waals surface area contributed by atoms with Crippen molar-refractivity contribution >= 4 is 41.7 Å². The highest BCUT2D eigenvalue weighted by atomic mass is 16.5. The van der Waals surface area contributed by atoms with Crippen molar-refractivity contribution < 1.29 is 54.2 Å². The molecule has 3 atom stereocenters. The molecule has 3 fully saturated rings. The zero-order valence-electron chi connectivity index (χ0n) is 34.7. The summed E-state index contributed by atoms with van der Waals surface area (Å²) in [6.07, 6.45) is 7.40. The first-order valence-corrected chi connectivity index (χ1v) is 20.3. The lowest BCUT2D eigenvalue weighted by atomic mass is 10.2. The van der Waals surface area contributed by atoms with Crippen LogP contribution in [-0.2, 0) is 14.4 Å². The van der Waals surface area contributed by atoms with Gasteiger partial charge < -0.3 is 50.7 Å². The zero-order valence-corrected chi connectivity index (χ0v) is 34.7. The summed E-state index contributed by atoms with van der Waals surface area (Å²) in [5.74, 6) is 0.0490. The summed E-state index contributed by atoms with van der Waals surface area (Å²) < 4.78 is 5.71. The van der Waals surface area contributed by atoms with E-state index in [1.807, 2.05) is 67.7 Å². The summed E-state index contributed by atoms with van der Waals surface area (Å²) in [4.78, 5) is 58.7. The number of ether oxygens (including phenoxy) is 1. The quantitative estimate of drug-likeness (QED) is 0.0729. The smallest absolute Gasteiger partial charge is 0.227 e. The van der Waals surface area contributed by atoms with Crippen molar-refractivity contribution in [3.8, 4) is 23.0 Å². The van der Waals surface area contributed by atoms with Crippen LogP contribution in [0.5, 0.6) is 23.0 Å². The van der Waals surface area contributed by atoms with Gasteiger partial charge in [0, 0.05) is 30.6 Å². The van der Waals surface area contributed by atoms with E-state index in [2.05, 4.69) is 17.6 Å². The summed E-state index contributed by atoms with van der Waals surface area (Å²) >= 11 is 0. The van der Waals surface area contributed by atoms with Gasteiger partial charge in [-0.25, -0.2) is 0 Å². The predicted molar refractivity (Wildman–Crippen MR) is 232 cm³/mol. The highest BCUT2D eigenvalue weighted by Gasteiger charge is 2.33. The molecule has 328 valence electrons. The van der Waals surface area contributed by atoms with E-state index in [1.54, 1.807) is 21.9 Å². The predicted octanol–water partition coefficient (Wildman–Crippen LogP) is 5.13. The van der Waals surface area contributed by atoms with E-state index in [0.29, 0.717) is 44.0 Å². The number of unbranched alkanes of at least 4 members (excludes halogenated alkanes) is 1. The van der Waals surface area contributed by atoms with Gasteiger partial charge in [0.25, 0.3) is 0 Å². The van der Waals surface area contributed by atoms with E-state index in [1.165, 1.54) is 37.1 Å². The van der Waals surface area contributed by atoms with Crippen molar-refractivity contribution in [2.75, 3.05) is 43.2 Å². The fraction of sp³-hybridized carbons (Fsp3) is 0.370. The van der Waals surface area contributed by atoms with Crippen LogP contribution in [0.2, 0.25) is 0 Å². The number of nitrogens with zero attached hydrogens (tertiary/aromatic N) is 2. The first kappa shape index (κ1) is 49.1. The van der Waals surface area contributed by atoms with Gasteiger partial charge in [-0.3, -0.25) is 24.0 Å². The monoisotopic (exact) mass is 842 g/mol. The number of phenols is 3. The number of carbonyl (C=O) groups is 5. The Kier molecular flexibility index (Phi) is 21.5. The van der Waals surface area contributed by atoms with E-state index in [9.17, 15) is 29.1 Å². The Labute approximate surface area is 356 Å². The second-order valence-corrected chi connectivity index (χ2v) is 14.2. The van der Waals surface area contributed by atoms with Crippen LogP contribution in [0.3, 0.4) is 0 Å². The number of hydrogen-bond donors (Lipinski definition) is 7. The maximum Gasteiger partial charge on any atom is 0.227 e. The number of rotatable bonds is 12. The molecule has 3 aliphatic heterocycles. The molecule has 0 bridgehead atoms. The average Bonchev–Trinajstić information content (AvgIpc) is 4.00. The number of aldehydes is 2. The Balaban J connectivity index is 0.000000223. The number of anilines is 2. The number of amides is 3. The molecule has 0 spiro atoms. The van der Waals surface area contributed by atoms with Gasteiger partial charge in [0.05, 0.1) is 42.5 Å². The first-order valence-electron chi connectivity index (χ1n) is 20.3. The van der Waals surface area contributed by atoms with Gasteiger partial charge in [-0.15, -0.1) is 0 Å². The summed E-state index contributed by atoms with van der Waals surface area (Å²) in [7, 11) is 1.98. The largest absolute Gasteiger partial charge is 0.507 e. The number of para-hydroxylation sites is 2. The molecule has 3 heterocycles. The lowest BCUT2D eigenvalue weighted by molar-refractivity contribution is -0.119. The first-order chi connectivity index (χ1) is 29.5. The molecule has 61 heavy (non-hydrogen) atoms. The fourth-order valence-electron chi connectivity index (χ4n) is 6.50. The minimum absolute atomic E-state index is 0.0301. The third-order valence-corrected chi connectivity index (χ3v) is 9.79. The molecule has 0 aromatic heterocycles. The van der Waals surface area contributed by atoms with Crippen LogP contribution in [0.1, 0.15) is 79.0 Å². The minimum atomic E-state index is -0.199. The van der Waals surface area contributed by atoms with Crippen LogP contribution < -0.4 is 25.2 Å². The Morgan fingerprint density at radius 1 is 0.672 bits per heavy atom. The van der Waals surface area contributed by atoms with Crippen LogP contribution in [0.4, 0.5) is 11.4 Å². The number of phenolic OH excluding ortho intramolecular Hbond substituents is 3. The van der Waals surface area contributed by atoms with E-state index in [-0.39, 0.29) is 84.0 Å². The molecular formula is C46H58N4O11. The molecule has 0 aliphatic carbocycles. The summed E-state index contributed by atoms with van der Waals surface area (Å²) in [5.41, 5.74) is 1.79. The SMILES string of the molecule is CCCCNC.O=C1CC[C@@H](CO)N1.O=C1CC[C@@H](CO)N1c1ccccc1.O=Cc1c(O)cccc1O.O=Cc1c(O)cccc1OC[C@@H]1CCC(=O)N1c1ccccc1. The summed E-state index contributed by atoms with van der Waals surface area (Å²) in [5, 5.41) is 50.8. The Hall–Kier alpha value is -6.29. The van der Waals surface area contributed by atoms with Crippen LogP contribution in [0, 0.1) is 0 Å². The molecular weight excluding hydrogens is 785 g/mol. The second-order valence-electron chi connectivity index (χ2n) is 14.2. The molecule has 0 saturated carbocycles. The number of aliphatic hydroxyl groups is 2. The molecule has 4 aromatic carbocycles. The Morgan fingerprint density at radius 3 is 1.59 bits per heavy atom. The van der Waals surface area contributed by atoms with E-state index < -0.39 is 0 Å².